The molecule has 0 radical (unpaired) electrons. The Kier molecular flexibility index (Phi) is 4.88. The van der Waals surface area contributed by atoms with Gasteiger partial charge in [-0.25, -0.2) is 0 Å². The molecule has 1 N–H and O–H groups in total. The minimum Gasteiger partial charge on any atom is -0.495 e. The van der Waals surface area contributed by atoms with Crippen LogP contribution in [0.2, 0.25) is 0 Å². The SMILES string of the molecule is COc1ccc(Br)cc1NC(c1cccs1)C(C)C. The first kappa shape index (κ1) is 14.4. The summed E-state index contributed by atoms with van der Waals surface area (Å²) in [6, 6.07) is 10.6. The fourth-order valence-electron chi connectivity index (χ4n) is 2.00. The molecule has 1 aromatic carbocycles. The van der Waals surface area contributed by atoms with Crippen molar-refractivity contribution in [3.8, 4) is 5.75 Å². The number of nitrogens with one attached hydrogen (secondary N) is 1. The molecule has 2 aromatic rings. The molecule has 0 saturated heterocycles. The van der Waals surface area contributed by atoms with Gasteiger partial charge in [-0.15, -0.1) is 11.3 Å². The molecule has 0 aliphatic rings. The van der Waals surface area contributed by atoms with Crippen LogP contribution in [0.25, 0.3) is 0 Å². The fraction of sp³-hybridized carbons (Fsp3) is 0.333. The van der Waals surface area contributed by atoms with Gasteiger partial charge >= 0.3 is 0 Å². The van der Waals surface area contributed by atoms with Crippen LogP contribution in [0, 0.1) is 5.92 Å². The number of hydrogen-bond donors (Lipinski definition) is 1. The highest BCUT2D eigenvalue weighted by Gasteiger charge is 2.18. The molecule has 2 nitrogen and oxygen atoms in total. The fourth-order valence-corrected chi connectivity index (χ4v) is 3.31. The van der Waals surface area contributed by atoms with Crippen molar-refractivity contribution in [1.29, 1.82) is 0 Å². The number of hydrogen-bond acceptors (Lipinski definition) is 3. The molecular formula is C15H18BrNOS. The zero-order valence-corrected chi connectivity index (χ0v) is 13.7. The molecule has 0 fully saturated rings. The highest BCUT2D eigenvalue weighted by atomic mass is 79.9. The molecule has 1 unspecified atom stereocenters. The maximum absolute atomic E-state index is 5.42. The van der Waals surface area contributed by atoms with Gasteiger partial charge in [-0.3, -0.25) is 0 Å². The first-order valence-corrected chi connectivity index (χ1v) is 7.92. The van der Waals surface area contributed by atoms with E-state index in [9.17, 15) is 0 Å². The van der Waals surface area contributed by atoms with Gasteiger partial charge in [0.2, 0.25) is 0 Å². The largest absolute Gasteiger partial charge is 0.495 e. The summed E-state index contributed by atoms with van der Waals surface area (Å²) in [6.45, 7) is 4.45. The molecule has 1 aromatic heterocycles. The summed E-state index contributed by atoms with van der Waals surface area (Å²) in [5.41, 5.74) is 1.02. The smallest absolute Gasteiger partial charge is 0.142 e. The van der Waals surface area contributed by atoms with Gasteiger partial charge in [0.05, 0.1) is 18.8 Å². The van der Waals surface area contributed by atoms with Gasteiger partial charge < -0.3 is 10.1 Å². The number of anilines is 1. The summed E-state index contributed by atoms with van der Waals surface area (Å²) in [4.78, 5) is 1.34. The molecule has 0 saturated carbocycles. The number of halogens is 1. The molecule has 19 heavy (non-hydrogen) atoms. The van der Waals surface area contributed by atoms with Crippen molar-refractivity contribution in [2.75, 3.05) is 12.4 Å². The predicted molar refractivity (Wildman–Crippen MR) is 86.2 cm³/mol. The first-order valence-electron chi connectivity index (χ1n) is 6.25. The van der Waals surface area contributed by atoms with E-state index < -0.39 is 0 Å². The highest BCUT2D eigenvalue weighted by molar-refractivity contribution is 9.10. The summed E-state index contributed by atoms with van der Waals surface area (Å²) in [7, 11) is 1.70. The summed E-state index contributed by atoms with van der Waals surface area (Å²) in [6.07, 6.45) is 0. The third kappa shape index (κ3) is 3.51. The van der Waals surface area contributed by atoms with Crippen molar-refractivity contribution < 1.29 is 4.74 Å². The lowest BCUT2D eigenvalue weighted by atomic mass is 10.0. The van der Waals surface area contributed by atoms with Crippen LogP contribution in [0.4, 0.5) is 5.69 Å². The van der Waals surface area contributed by atoms with Crippen molar-refractivity contribution >= 4 is 33.0 Å². The molecule has 1 heterocycles. The Morgan fingerprint density at radius 1 is 1.26 bits per heavy atom. The van der Waals surface area contributed by atoms with Gasteiger partial charge in [-0.2, -0.15) is 0 Å². The van der Waals surface area contributed by atoms with Crippen LogP contribution >= 0.6 is 27.3 Å². The van der Waals surface area contributed by atoms with Crippen LogP contribution in [0.3, 0.4) is 0 Å². The zero-order valence-electron chi connectivity index (χ0n) is 11.3. The Morgan fingerprint density at radius 2 is 2.05 bits per heavy atom. The van der Waals surface area contributed by atoms with E-state index in [2.05, 4.69) is 58.7 Å². The van der Waals surface area contributed by atoms with Gasteiger partial charge in [0.25, 0.3) is 0 Å². The number of rotatable bonds is 5. The van der Waals surface area contributed by atoms with Crippen molar-refractivity contribution in [3.05, 3.63) is 45.1 Å². The van der Waals surface area contributed by atoms with Gasteiger partial charge in [0, 0.05) is 9.35 Å². The first-order chi connectivity index (χ1) is 9.11. The second-order valence-electron chi connectivity index (χ2n) is 4.73. The summed E-state index contributed by atoms with van der Waals surface area (Å²) < 4.78 is 6.46. The second kappa shape index (κ2) is 6.44. The molecule has 0 aliphatic heterocycles. The van der Waals surface area contributed by atoms with E-state index in [1.165, 1.54) is 4.88 Å². The van der Waals surface area contributed by atoms with Crippen LogP contribution in [-0.4, -0.2) is 7.11 Å². The van der Waals surface area contributed by atoms with Gasteiger partial charge in [-0.1, -0.05) is 35.8 Å². The van der Waals surface area contributed by atoms with E-state index in [1.807, 2.05) is 12.1 Å². The Morgan fingerprint density at radius 3 is 2.63 bits per heavy atom. The average molecular weight is 340 g/mol. The van der Waals surface area contributed by atoms with Gasteiger partial charge in [0.1, 0.15) is 5.75 Å². The van der Waals surface area contributed by atoms with E-state index in [4.69, 9.17) is 4.74 Å². The Balaban J connectivity index is 2.29. The van der Waals surface area contributed by atoms with Crippen molar-refractivity contribution in [3.63, 3.8) is 0 Å². The molecule has 4 heteroatoms. The number of methoxy groups -OCH3 is 1. The highest BCUT2D eigenvalue weighted by Crippen LogP contribution is 2.35. The lowest BCUT2D eigenvalue weighted by Crippen LogP contribution is -2.16. The van der Waals surface area contributed by atoms with Crippen LogP contribution in [0.15, 0.2) is 40.2 Å². The predicted octanol–water partition coefficient (Wildman–Crippen LogP) is 5.33. The molecule has 102 valence electrons. The molecule has 1 atom stereocenters. The number of thiophene rings is 1. The summed E-state index contributed by atoms with van der Waals surface area (Å²) >= 11 is 5.29. The molecule has 0 spiro atoms. The standard InChI is InChI=1S/C15H18BrNOS/c1-10(2)15(14-5-4-8-19-14)17-12-9-11(16)6-7-13(12)18-3/h4-10,15,17H,1-3H3. The van der Waals surface area contributed by atoms with Crippen LogP contribution in [-0.2, 0) is 0 Å². The topological polar surface area (TPSA) is 21.3 Å². The lowest BCUT2D eigenvalue weighted by molar-refractivity contribution is 0.415. The average Bonchev–Trinajstić information content (AvgIpc) is 2.89. The molecule has 0 amide bonds. The number of ether oxygens (including phenoxy) is 1. The van der Waals surface area contributed by atoms with Crippen LogP contribution < -0.4 is 10.1 Å². The molecule has 0 aliphatic carbocycles. The summed E-state index contributed by atoms with van der Waals surface area (Å²) in [5.74, 6) is 1.37. The van der Waals surface area contributed by atoms with E-state index in [0.29, 0.717) is 12.0 Å². The van der Waals surface area contributed by atoms with E-state index >= 15 is 0 Å². The van der Waals surface area contributed by atoms with Crippen molar-refractivity contribution in [2.45, 2.75) is 19.9 Å². The number of benzene rings is 1. The lowest BCUT2D eigenvalue weighted by Gasteiger charge is -2.23. The third-order valence-electron chi connectivity index (χ3n) is 2.99. The normalized spacial score (nSPS) is 12.5. The van der Waals surface area contributed by atoms with Crippen molar-refractivity contribution in [2.24, 2.45) is 5.92 Å². The second-order valence-corrected chi connectivity index (χ2v) is 6.62. The molecule has 0 bridgehead atoms. The van der Waals surface area contributed by atoms with Crippen LogP contribution in [0.1, 0.15) is 24.8 Å². The molecular weight excluding hydrogens is 322 g/mol. The van der Waals surface area contributed by atoms with E-state index in [0.717, 1.165) is 15.9 Å². The van der Waals surface area contributed by atoms with Gasteiger partial charge in [-0.05, 0) is 35.6 Å². The minimum absolute atomic E-state index is 0.295. The maximum atomic E-state index is 5.42. The minimum atomic E-state index is 0.295. The van der Waals surface area contributed by atoms with E-state index in [1.54, 1.807) is 18.4 Å². The maximum Gasteiger partial charge on any atom is 0.142 e. The summed E-state index contributed by atoms with van der Waals surface area (Å²) in [5, 5.41) is 5.71. The van der Waals surface area contributed by atoms with E-state index in [-0.39, 0.29) is 0 Å². The van der Waals surface area contributed by atoms with Gasteiger partial charge in [0.15, 0.2) is 0 Å². The Bertz CT molecular complexity index is 525. The van der Waals surface area contributed by atoms with Crippen LogP contribution in [0.5, 0.6) is 5.75 Å². The zero-order chi connectivity index (χ0) is 13.8. The van der Waals surface area contributed by atoms with Crippen molar-refractivity contribution in [1.82, 2.24) is 0 Å². The molecule has 2 rings (SSSR count). The quantitative estimate of drug-likeness (QED) is 0.794. The third-order valence-corrected chi connectivity index (χ3v) is 4.44. The Hall–Kier alpha value is -1.00. The monoisotopic (exact) mass is 339 g/mol. The Labute approximate surface area is 126 Å².